The molecule has 0 spiro atoms. The van der Waals surface area contributed by atoms with Crippen molar-refractivity contribution in [3.05, 3.63) is 24.3 Å². The number of aliphatic carboxylic acids is 1. The zero-order chi connectivity index (χ0) is 11.0. The molecule has 1 aliphatic rings. The third-order valence-electron chi connectivity index (χ3n) is 0.951. The average Bonchev–Trinajstić information content (AvgIpc) is 2.47. The summed E-state index contributed by atoms with van der Waals surface area (Å²) in [5.41, 5.74) is 0. The number of hydrogen-bond acceptors (Lipinski definition) is 5. The number of aliphatic hydroxyl groups excluding tert-OH is 1. The molecule has 6 nitrogen and oxygen atoms in total. The first-order valence-electron chi connectivity index (χ1n) is 3.48. The van der Waals surface area contributed by atoms with E-state index in [0.29, 0.717) is 6.29 Å². The molecule has 15 heavy (non-hydrogen) atoms. The number of carboxylic acids is 1. The number of carbonyl (C=O) groups excluding carboxylic acids is 2. The highest BCUT2D eigenvalue weighted by molar-refractivity contribution is 5.84. The Morgan fingerprint density at radius 2 is 2.13 bits per heavy atom. The molecule has 0 fully saturated rings. The van der Waals surface area contributed by atoms with E-state index in [1.807, 2.05) is 0 Å². The summed E-state index contributed by atoms with van der Waals surface area (Å²) in [5.74, 6) is -1.58. The summed E-state index contributed by atoms with van der Waals surface area (Å²) in [5, 5.41) is 16.2. The van der Waals surface area contributed by atoms with E-state index < -0.39 is 18.2 Å². The maximum atomic E-state index is 9.98. The van der Waals surface area contributed by atoms with Gasteiger partial charge in [0.2, 0.25) is 6.29 Å². The van der Waals surface area contributed by atoms with E-state index in [1.54, 1.807) is 0 Å². The normalized spacial score (nSPS) is 17.4. The first-order valence-corrected chi connectivity index (χ1v) is 3.48. The van der Waals surface area contributed by atoms with Crippen LogP contribution in [0, 0.1) is 0 Å². The molecular formula is C9H12O6. The minimum absolute atomic E-state index is 0. The van der Waals surface area contributed by atoms with Gasteiger partial charge in [-0.3, -0.25) is 4.79 Å². The fourth-order valence-electron chi connectivity index (χ4n) is 0.480. The largest absolute Gasteiger partial charge is 0.478 e. The molecule has 0 saturated heterocycles. The van der Waals surface area contributed by atoms with E-state index in [0.717, 1.165) is 12.2 Å². The second-order valence-corrected chi connectivity index (χ2v) is 2.02. The van der Waals surface area contributed by atoms with Gasteiger partial charge >= 0.3 is 11.9 Å². The topological polar surface area (TPSA) is 101 Å². The number of aliphatic hydroxyl groups is 1. The Morgan fingerprint density at radius 1 is 1.53 bits per heavy atom. The van der Waals surface area contributed by atoms with Crippen LogP contribution in [0.1, 0.15) is 7.43 Å². The zero-order valence-electron chi connectivity index (χ0n) is 6.99. The van der Waals surface area contributed by atoms with Crippen molar-refractivity contribution in [2.45, 2.75) is 13.7 Å². The number of aldehydes is 1. The Labute approximate surface area is 86.5 Å². The summed E-state index contributed by atoms with van der Waals surface area (Å²) < 4.78 is 4.17. The van der Waals surface area contributed by atoms with E-state index in [9.17, 15) is 14.4 Å². The molecule has 0 aliphatic carbocycles. The van der Waals surface area contributed by atoms with Crippen LogP contribution in [0.5, 0.6) is 0 Å². The molecule has 0 aromatic carbocycles. The molecule has 84 valence electrons. The van der Waals surface area contributed by atoms with Gasteiger partial charge in [-0.2, -0.15) is 0 Å². The van der Waals surface area contributed by atoms with Crippen LogP contribution >= 0.6 is 0 Å². The number of cyclic esters (lactones) is 1. The van der Waals surface area contributed by atoms with Gasteiger partial charge in [0.15, 0.2) is 0 Å². The summed E-state index contributed by atoms with van der Waals surface area (Å²) in [6.07, 6.45) is 3.56. The molecule has 0 aromatic rings. The summed E-state index contributed by atoms with van der Waals surface area (Å²) >= 11 is 0. The van der Waals surface area contributed by atoms with Crippen LogP contribution in [0.3, 0.4) is 0 Å². The molecule has 1 unspecified atom stereocenters. The van der Waals surface area contributed by atoms with Gasteiger partial charge in [0.25, 0.3) is 0 Å². The van der Waals surface area contributed by atoms with Crippen LogP contribution < -0.4 is 0 Å². The summed E-state index contributed by atoms with van der Waals surface area (Å²) in [4.78, 5) is 28.9. The minimum Gasteiger partial charge on any atom is -0.478 e. The van der Waals surface area contributed by atoms with Gasteiger partial charge < -0.3 is 14.9 Å². The summed E-state index contributed by atoms with van der Waals surface area (Å²) in [6, 6.07) is 0. The van der Waals surface area contributed by atoms with Gasteiger partial charge in [0.05, 0.1) is 0 Å². The van der Waals surface area contributed by atoms with Crippen molar-refractivity contribution >= 4 is 18.2 Å². The van der Waals surface area contributed by atoms with E-state index >= 15 is 0 Å². The van der Waals surface area contributed by atoms with Crippen LogP contribution in [0.15, 0.2) is 24.3 Å². The zero-order valence-corrected chi connectivity index (χ0v) is 6.99. The molecule has 0 saturated carbocycles. The fourth-order valence-corrected chi connectivity index (χ4v) is 0.480. The van der Waals surface area contributed by atoms with Crippen molar-refractivity contribution in [2.75, 3.05) is 0 Å². The lowest BCUT2D eigenvalue weighted by Crippen LogP contribution is -2.04. The number of hydrogen-bond donors (Lipinski definition) is 2. The number of carbonyl (C=O) groups is 3. The average molecular weight is 216 g/mol. The molecule has 0 bridgehead atoms. The predicted octanol–water partition coefficient (Wildman–Crippen LogP) is -0.120. The molecule has 1 aliphatic heterocycles. The maximum Gasteiger partial charge on any atom is 0.333 e. The van der Waals surface area contributed by atoms with E-state index in [2.05, 4.69) is 4.74 Å². The Kier molecular flexibility index (Phi) is 8.94. The first kappa shape index (κ1) is 15.5. The monoisotopic (exact) mass is 216 g/mol. The highest BCUT2D eigenvalue weighted by atomic mass is 16.6. The summed E-state index contributed by atoms with van der Waals surface area (Å²) in [6.45, 7) is 0. The predicted molar refractivity (Wildman–Crippen MR) is 50.8 cm³/mol. The molecule has 1 atom stereocenters. The third kappa shape index (κ3) is 9.97. The third-order valence-corrected chi connectivity index (χ3v) is 0.951. The standard InChI is InChI=1S/2C4H4O3.CH4/c5-3-1-2-4(6)7-3;5-3-1-2-4(6)7;/h1-3,5H;1-3H,(H,6,7);1H4/b;2-1-;. The second kappa shape index (κ2) is 8.64. The molecule has 6 heteroatoms. The molecular weight excluding hydrogens is 204 g/mol. The van der Waals surface area contributed by atoms with Crippen molar-refractivity contribution in [1.29, 1.82) is 0 Å². The van der Waals surface area contributed by atoms with Gasteiger partial charge in [-0.05, 0) is 12.2 Å². The number of rotatable bonds is 2. The Bertz CT molecular complexity index is 278. The molecule has 1 heterocycles. The second-order valence-electron chi connectivity index (χ2n) is 2.02. The summed E-state index contributed by atoms with van der Waals surface area (Å²) in [7, 11) is 0. The molecule has 1 rings (SSSR count). The van der Waals surface area contributed by atoms with Gasteiger partial charge in [-0.1, -0.05) is 7.43 Å². The Hall–Kier alpha value is -1.95. The van der Waals surface area contributed by atoms with Crippen LogP contribution in [0.2, 0.25) is 0 Å². The quantitative estimate of drug-likeness (QED) is 0.379. The molecule has 0 radical (unpaired) electrons. The lowest BCUT2D eigenvalue weighted by molar-refractivity contribution is -0.150. The highest BCUT2D eigenvalue weighted by Gasteiger charge is 2.10. The minimum atomic E-state index is -1.10. The molecule has 0 aromatic heterocycles. The van der Waals surface area contributed by atoms with Crippen molar-refractivity contribution in [3.8, 4) is 0 Å². The van der Waals surface area contributed by atoms with Gasteiger partial charge in [-0.15, -0.1) is 0 Å². The molecule has 2 N–H and O–H groups in total. The molecule has 0 amide bonds. The van der Waals surface area contributed by atoms with E-state index in [4.69, 9.17) is 10.2 Å². The first-order chi connectivity index (χ1) is 6.56. The van der Waals surface area contributed by atoms with Crippen molar-refractivity contribution < 1.29 is 29.3 Å². The van der Waals surface area contributed by atoms with Crippen molar-refractivity contribution in [2.24, 2.45) is 0 Å². The lowest BCUT2D eigenvalue weighted by Gasteiger charge is -1.94. The van der Waals surface area contributed by atoms with Crippen molar-refractivity contribution in [3.63, 3.8) is 0 Å². The highest BCUT2D eigenvalue weighted by Crippen LogP contribution is 1.98. The van der Waals surface area contributed by atoms with Gasteiger partial charge in [-0.25, -0.2) is 9.59 Å². The van der Waals surface area contributed by atoms with Crippen LogP contribution in [-0.2, 0) is 19.1 Å². The number of allylic oxidation sites excluding steroid dienone is 1. The van der Waals surface area contributed by atoms with Gasteiger partial charge in [0, 0.05) is 12.2 Å². The Morgan fingerprint density at radius 3 is 2.27 bits per heavy atom. The van der Waals surface area contributed by atoms with Crippen LogP contribution in [0.4, 0.5) is 0 Å². The maximum absolute atomic E-state index is 9.98. The van der Waals surface area contributed by atoms with Gasteiger partial charge in [0.1, 0.15) is 6.29 Å². The smallest absolute Gasteiger partial charge is 0.333 e. The fraction of sp³-hybridized carbons (Fsp3) is 0.222. The van der Waals surface area contributed by atoms with Crippen LogP contribution in [-0.4, -0.2) is 34.7 Å². The SMILES string of the molecule is C.O=C/C=C\C(=O)O.O=C1C=CC(O)O1. The Balaban J connectivity index is 0. The lowest BCUT2D eigenvalue weighted by atomic mass is 10.5. The number of esters is 1. The van der Waals surface area contributed by atoms with E-state index in [-0.39, 0.29) is 7.43 Å². The number of ether oxygens (including phenoxy) is 1. The van der Waals surface area contributed by atoms with E-state index in [1.165, 1.54) is 12.2 Å². The number of carboxylic acid groups (broad SMARTS) is 1. The van der Waals surface area contributed by atoms with Crippen molar-refractivity contribution in [1.82, 2.24) is 0 Å². The van der Waals surface area contributed by atoms with Crippen LogP contribution in [0.25, 0.3) is 0 Å².